The van der Waals surface area contributed by atoms with Crippen molar-refractivity contribution in [1.29, 1.82) is 0 Å². The first-order valence-electron chi connectivity index (χ1n) is 11.0. The summed E-state index contributed by atoms with van der Waals surface area (Å²) in [6.07, 6.45) is 7.78. The van der Waals surface area contributed by atoms with Crippen LogP contribution >= 0.6 is 0 Å². The smallest absolute Gasteiger partial charge is 0.308 e. The van der Waals surface area contributed by atoms with E-state index in [4.69, 9.17) is 9.72 Å². The van der Waals surface area contributed by atoms with Gasteiger partial charge in [0.05, 0.1) is 11.0 Å². The number of carbonyl (C=O) groups excluding carboxylic acids is 1. The number of H-pyrrole nitrogens is 1. The minimum absolute atomic E-state index is 0.128. The number of imidazole rings is 1. The molecule has 0 amide bonds. The summed E-state index contributed by atoms with van der Waals surface area (Å²) in [7, 11) is 0. The molecule has 0 unspecified atom stereocenters. The number of aromatic nitrogens is 2. The molecule has 7 rings (SSSR count). The molecule has 5 nitrogen and oxygen atoms in total. The molecule has 0 saturated heterocycles. The number of esters is 1. The van der Waals surface area contributed by atoms with Crippen LogP contribution in [0.5, 0.6) is 11.5 Å². The summed E-state index contributed by atoms with van der Waals surface area (Å²) in [5.41, 5.74) is 3.88. The lowest BCUT2D eigenvalue weighted by atomic mass is 9.48. The second kappa shape index (κ2) is 6.34. The van der Waals surface area contributed by atoms with E-state index in [-0.39, 0.29) is 11.4 Å². The average molecular weight is 402 g/mol. The van der Waals surface area contributed by atoms with E-state index in [1.165, 1.54) is 45.4 Å². The molecule has 1 heterocycles. The number of ether oxygens (including phenoxy) is 1. The van der Waals surface area contributed by atoms with Crippen molar-refractivity contribution in [3.05, 3.63) is 42.0 Å². The SMILES string of the molecule is CC(=O)Oc1ccc2[nH]c(-c3ccc(O)c(C45CC6CC(CC(C6)C4)C5)c3)nc2c1. The Bertz CT molecular complexity index is 1130. The van der Waals surface area contributed by atoms with Crippen molar-refractivity contribution in [3.8, 4) is 22.9 Å². The van der Waals surface area contributed by atoms with Crippen molar-refractivity contribution in [2.24, 2.45) is 17.8 Å². The number of benzene rings is 2. The third kappa shape index (κ3) is 2.83. The van der Waals surface area contributed by atoms with Crippen molar-refractivity contribution in [3.63, 3.8) is 0 Å². The summed E-state index contributed by atoms with van der Waals surface area (Å²) in [6, 6.07) is 11.4. The second-order valence-electron chi connectivity index (χ2n) is 9.79. The van der Waals surface area contributed by atoms with Crippen LogP contribution in [0, 0.1) is 17.8 Å². The van der Waals surface area contributed by atoms with Gasteiger partial charge < -0.3 is 14.8 Å². The summed E-state index contributed by atoms with van der Waals surface area (Å²) < 4.78 is 5.18. The molecule has 0 spiro atoms. The third-order valence-corrected chi connectivity index (χ3v) is 7.60. The van der Waals surface area contributed by atoms with Crippen molar-refractivity contribution >= 4 is 17.0 Å². The Hall–Kier alpha value is -2.82. The number of aromatic hydroxyl groups is 1. The largest absolute Gasteiger partial charge is 0.508 e. The molecule has 3 aromatic rings. The van der Waals surface area contributed by atoms with E-state index >= 15 is 0 Å². The zero-order valence-electron chi connectivity index (χ0n) is 17.1. The maximum absolute atomic E-state index is 11.2. The molecule has 0 radical (unpaired) electrons. The highest BCUT2D eigenvalue weighted by molar-refractivity contribution is 5.82. The maximum Gasteiger partial charge on any atom is 0.308 e. The van der Waals surface area contributed by atoms with Crippen LogP contribution in [0.15, 0.2) is 36.4 Å². The normalized spacial score (nSPS) is 29.4. The molecule has 30 heavy (non-hydrogen) atoms. The number of phenolic OH excluding ortho intramolecular Hbond substituents is 1. The Balaban J connectivity index is 1.39. The second-order valence-corrected chi connectivity index (χ2v) is 9.79. The van der Waals surface area contributed by atoms with Crippen molar-refractivity contribution in [2.45, 2.75) is 50.9 Å². The molecule has 4 saturated carbocycles. The van der Waals surface area contributed by atoms with Crippen LogP contribution in [0.3, 0.4) is 0 Å². The van der Waals surface area contributed by atoms with Crippen LogP contribution in [0.25, 0.3) is 22.4 Å². The molecular formula is C25H26N2O3. The first kappa shape index (κ1) is 18.0. The Morgan fingerprint density at radius 1 is 1.07 bits per heavy atom. The Morgan fingerprint density at radius 3 is 2.43 bits per heavy atom. The quantitative estimate of drug-likeness (QED) is 0.459. The lowest BCUT2D eigenvalue weighted by molar-refractivity contribution is -0.131. The highest BCUT2D eigenvalue weighted by Gasteiger charge is 2.52. The molecule has 5 heteroatoms. The van der Waals surface area contributed by atoms with Gasteiger partial charge in [-0.1, -0.05) is 0 Å². The number of fused-ring (bicyclic) bond motifs is 1. The van der Waals surface area contributed by atoms with Crippen LogP contribution in [0.4, 0.5) is 0 Å². The van der Waals surface area contributed by atoms with E-state index in [0.29, 0.717) is 11.5 Å². The fraction of sp³-hybridized carbons (Fsp3) is 0.440. The zero-order valence-corrected chi connectivity index (χ0v) is 17.1. The Kier molecular flexibility index (Phi) is 3.80. The predicted molar refractivity (Wildman–Crippen MR) is 114 cm³/mol. The minimum atomic E-state index is -0.344. The van der Waals surface area contributed by atoms with Crippen LogP contribution in [-0.2, 0) is 10.2 Å². The number of aromatic amines is 1. The van der Waals surface area contributed by atoms with Crippen molar-refractivity contribution in [1.82, 2.24) is 9.97 Å². The van der Waals surface area contributed by atoms with Crippen LogP contribution in [0.1, 0.15) is 51.0 Å². The summed E-state index contributed by atoms with van der Waals surface area (Å²) in [6.45, 7) is 1.39. The average Bonchev–Trinajstić information content (AvgIpc) is 3.10. The maximum atomic E-state index is 11.2. The molecule has 0 aliphatic heterocycles. The van der Waals surface area contributed by atoms with Gasteiger partial charge in [-0.05, 0) is 92.0 Å². The number of hydrogen-bond donors (Lipinski definition) is 2. The van der Waals surface area contributed by atoms with Crippen molar-refractivity contribution < 1.29 is 14.6 Å². The van der Waals surface area contributed by atoms with E-state index < -0.39 is 0 Å². The van der Waals surface area contributed by atoms with Gasteiger partial charge >= 0.3 is 5.97 Å². The van der Waals surface area contributed by atoms with Crippen LogP contribution in [-0.4, -0.2) is 21.0 Å². The highest BCUT2D eigenvalue weighted by atomic mass is 16.5. The highest BCUT2D eigenvalue weighted by Crippen LogP contribution is 2.62. The molecule has 2 aromatic carbocycles. The van der Waals surface area contributed by atoms with E-state index in [2.05, 4.69) is 11.1 Å². The number of phenols is 1. The molecule has 4 bridgehead atoms. The summed E-state index contributed by atoms with van der Waals surface area (Å²) in [5.74, 6) is 3.82. The fourth-order valence-electron chi connectivity index (χ4n) is 6.90. The minimum Gasteiger partial charge on any atom is -0.508 e. The van der Waals surface area contributed by atoms with Gasteiger partial charge in [0.2, 0.25) is 0 Å². The number of carbonyl (C=O) groups is 1. The van der Waals surface area contributed by atoms with E-state index in [1.807, 2.05) is 18.2 Å². The molecule has 4 fully saturated rings. The molecule has 4 aliphatic carbocycles. The Morgan fingerprint density at radius 2 is 1.77 bits per heavy atom. The number of rotatable bonds is 3. The van der Waals surface area contributed by atoms with E-state index in [1.54, 1.807) is 12.1 Å². The molecule has 2 N–H and O–H groups in total. The molecular weight excluding hydrogens is 376 g/mol. The van der Waals surface area contributed by atoms with Gasteiger partial charge in [0, 0.05) is 24.1 Å². The van der Waals surface area contributed by atoms with E-state index in [0.717, 1.165) is 45.7 Å². The zero-order chi connectivity index (χ0) is 20.5. The Labute approximate surface area is 175 Å². The number of nitrogens with zero attached hydrogens (tertiary/aromatic N) is 1. The first-order chi connectivity index (χ1) is 14.5. The first-order valence-corrected chi connectivity index (χ1v) is 11.0. The molecule has 0 atom stereocenters. The summed E-state index contributed by atoms with van der Waals surface area (Å²) >= 11 is 0. The van der Waals surface area contributed by atoms with Gasteiger partial charge in [-0.3, -0.25) is 4.79 Å². The number of hydrogen-bond acceptors (Lipinski definition) is 4. The fourth-order valence-corrected chi connectivity index (χ4v) is 6.90. The van der Waals surface area contributed by atoms with Crippen LogP contribution in [0.2, 0.25) is 0 Å². The number of nitrogens with one attached hydrogen (secondary N) is 1. The van der Waals surface area contributed by atoms with Crippen LogP contribution < -0.4 is 4.74 Å². The third-order valence-electron chi connectivity index (χ3n) is 7.60. The van der Waals surface area contributed by atoms with Crippen molar-refractivity contribution in [2.75, 3.05) is 0 Å². The van der Waals surface area contributed by atoms with Gasteiger partial charge in [-0.15, -0.1) is 0 Å². The molecule has 154 valence electrons. The van der Waals surface area contributed by atoms with Gasteiger partial charge in [0.15, 0.2) is 0 Å². The molecule has 4 aliphatic rings. The summed E-state index contributed by atoms with van der Waals surface area (Å²) in [5, 5.41) is 10.8. The van der Waals surface area contributed by atoms with Gasteiger partial charge in [0.1, 0.15) is 17.3 Å². The van der Waals surface area contributed by atoms with E-state index in [9.17, 15) is 9.90 Å². The lowest BCUT2D eigenvalue weighted by Crippen LogP contribution is -2.48. The molecule has 1 aromatic heterocycles. The predicted octanol–water partition coefficient (Wildman–Crippen LogP) is 5.33. The topological polar surface area (TPSA) is 75.2 Å². The van der Waals surface area contributed by atoms with Gasteiger partial charge in [-0.2, -0.15) is 0 Å². The van der Waals surface area contributed by atoms with Gasteiger partial charge in [-0.25, -0.2) is 4.98 Å². The standard InChI is InChI=1S/C25H26N2O3/c1-14(28)30-19-3-4-21-22(10-19)27-24(26-21)18-2-5-23(29)20(9-18)25-11-15-6-16(12-25)8-17(7-15)13-25/h2-5,9-10,15-17,29H,6-8,11-13H2,1H3,(H,26,27). The van der Waals surface area contributed by atoms with Gasteiger partial charge in [0.25, 0.3) is 0 Å². The monoisotopic (exact) mass is 402 g/mol. The summed E-state index contributed by atoms with van der Waals surface area (Å²) in [4.78, 5) is 19.4. The lowest BCUT2D eigenvalue weighted by Gasteiger charge is -2.57.